The number of rotatable bonds is 7. The minimum absolute atomic E-state index is 0.220. The van der Waals surface area contributed by atoms with Crippen molar-refractivity contribution in [1.29, 1.82) is 0 Å². The fraction of sp³-hybridized carbons (Fsp3) is 0.150. The number of thioether (sulfide) groups is 1. The molecular weight excluding hydrogens is 412 g/mol. The number of benzene rings is 2. The van der Waals surface area contributed by atoms with Gasteiger partial charge in [0.2, 0.25) is 0 Å². The number of aliphatic carboxylic acids is 1. The zero-order valence-corrected chi connectivity index (χ0v) is 17.0. The molecule has 2 aromatic carbocycles. The van der Waals surface area contributed by atoms with Crippen LogP contribution in [0.2, 0.25) is 0 Å². The Morgan fingerprint density at radius 2 is 2.00 bits per heavy atom. The number of hydrogen-bond acceptors (Lipinski definition) is 7. The third-order valence-corrected chi connectivity index (χ3v) is 5.21. The Morgan fingerprint density at radius 3 is 2.59 bits per heavy atom. The van der Waals surface area contributed by atoms with Crippen LogP contribution in [-0.4, -0.2) is 34.5 Å². The number of methoxy groups -OCH3 is 1. The van der Waals surface area contributed by atoms with Gasteiger partial charge in [-0.15, -0.1) is 0 Å². The number of carbonyl (C=O) groups is 2. The van der Waals surface area contributed by atoms with E-state index in [2.05, 4.69) is 5.32 Å². The molecule has 1 fully saturated rings. The third-order valence-electron chi connectivity index (χ3n) is 4.05. The summed E-state index contributed by atoms with van der Waals surface area (Å²) in [6, 6.07) is 11.4. The van der Waals surface area contributed by atoms with Gasteiger partial charge in [0.05, 0.1) is 12.0 Å². The van der Waals surface area contributed by atoms with E-state index in [1.807, 2.05) is 0 Å². The topological polar surface area (TPSA) is 111 Å². The highest BCUT2D eigenvalue weighted by atomic mass is 32.2. The Kier molecular flexibility index (Phi) is 6.53. The standard InChI is InChI=1S/C20H18N2O5S2/c1-26-16-9-12(10-17-18(23)22-20(28)29-17)4-7-15(16)27-13-5-2-11(3-6-13)8-14(21)19(24)25/h2-7,9-10,14H,8,21H2,1H3,(H,24,25)(H,22,23,28)/t14-/m0/s1. The molecule has 0 aromatic heterocycles. The molecule has 1 aliphatic heterocycles. The van der Waals surface area contributed by atoms with E-state index < -0.39 is 12.0 Å². The van der Waals surface area contributed by atoms with Gasteiger partial charge in [-0.05, 0) is 47.9 Å². The molecule has 9 heteroatoms. The normalized spacial score (nSPS) is 15.9. The van der Waals surface area contributed by atoms with E-state index in [1.165, 1.54) is 18.9 Å². The molecule has 1 atom stereocenters. The van der Waals surface area contributed by atoms with Crippen molar-refractivity contribution < 1.29 is 24.2 Å². The molecule has 29 heavy (non-hydrogen) atoms. The lowest BCUT2D eigenvalue weighted by Gasteiger charge is -2.12. The van der Waals surface area contributed by atoms with E-state index in [0.717, 1.165) is 11.1 Å². The average molecular weight is 431 g/mol. The predicted molar refractivity (Wildman–Crippen MR) is 115 cm³/mol. The van der Waals surface area contributed by atoms with Gasteiger partial charge >= 0.3 is 5.97 Å². The van der Waals surface area contributed by atoms with Crippen LogP contribution in [0.5, 0.6) is 17.2 Å². The lowest BCUT2D eigenvalue weighted by Crippen LogP contribution is -2.32. The summed E-state index contributed by atoms with van der Waals surface area (Å²) >= 11 is 6.20. The second-order valence-corrected chi connectivity index (χ2v) is 7.88. The molecule has 1 saturated heterocycles. The highest BCUT2D eigenvalue weighted by Gasteiger charge is 2.22. The molecule has 0 saturated carbocycles. The van der Waals surface area contributed by atoms with Crippen molar-refractivity contribution in [2.75, 3.05) is 7.11 Å². The summed E-state index contributed by atoms with van der Waals surface area (Å²) in [5, 5.41) is 11.5. The Morgan fingerprint density at radius 1 is 1.28 bits per heavy atom. The molecule has 4 N–H and O–H groups in total. The maximum Gasteiger partial charge on any atom is 0.320 e. The molecule has 150 valence electrons. The molecule has 1 aliphatic rings. The van der Waals surface area contributed by atoms with E-state index in [1.54, 1.807) is 48.5 Å². The van der Waals surface area contributed by atoms with Gasteiger partial charge in [-0.3, -0.25) is 9.59 Å². The Hall–Kier alpha value is -2.88. The van der Waals surface area contributed by atoms with Gasteiger partial charge in [-0.25, -0.2) is 0 Å². The number of hydrogen-bond donors (Lipinski definition) is 3. The largest absolute Gasteiger partial charge is 0.493 e. The highest BCUT2D eigenvalue weighted by Crippen LogP contribution is 2.34. The van der Waals surface area contributed by atoms with Crippen molar-refractivity contribution in [3.05, 3.63) is 58.5 Å². The number of thiocarbonyl (C=S) groups is 1. The molecule has 3 rings (SSSR count). The van der Waals surface area contributed by atoms with Gasteiger partial charge in [0.1, 0.15) is 16.1 Å². The lowest BCUT2D eigenvalue weighted by molar-refractivity contribution is -0.138. The minimum atomic E-state index is -1.04. The molecule has 0 spiro atoms. The average Bonchev–Trinajstić information content (AvgIpc) is 3.01. The maximum atomic E-state index is 11.8. The quantitative estimate of drug-likeness (QED) is 0.454. The summed E-state index contributed by atoms with van der Waals surface area (Å²) in [6.45, 7) is 0. The van der Waals surface area contributed by atoms with Crippen LogP contribution < -0.4 is 20.5 Å². The van der Waals surface area contributed by atoms with Crippen LogP contribution in [0.4, 0.5) is 0 Å². The van der Waals surface area contributed by atoms with E-state index >= 15 is 0 Å². The summed E-state index contributed by atoms with van der Waals surface area (Å²) in [6.07, 6.45) is 1.96. The van der Waals surface area contributed by atoms with E-state index in [4.69, 9.17) is 32.5 Å². The smallest absolute Gasteiger partial charge is 0.320 e. The summed E-state index contributed by atoms with van der Waals surface area (Å²) in [5.41, 5.74) is 7.12. The SMILES string of the molecule is COc1cc(C=C2SC(=S)NC2=O)ccc1Oc1ccc(C[C@H](N)C(=O)O)cc1. The fourth-order valence-corrected chi connectivity index (χ4v) is 3.64. The molecular formula is C20H18N2O5S2. The number of carbonyl (C=O) groups excluding carboxylic acids is 1. The number of nitrogens with one attached hydrogen (secondary N) is 1. The Bertz CT molecular complexity index is 989. The fourth-order valence-electron chi connectivity index (χ4n) is 2.59. The van der Waals surface area contributed by atoms with E-state index in [0.29, 0.717) is 26.5 Å². The number of carboxylic acid groups (broad SMARTS) is 1. The first-order chi connectivity index (χ1) is 13.9. The van der Waals surface area contributed by atoms with Crippen LogP contribution in [0.3, 0.4) is 0 Å². The number of carboxylic acids is 1. The molecule has 0 unspecified atom stereocenters. The molecule has 1 heterocycles. The van der Waals surface area contributed by atoms with Gasteiger partial charge in [0.25, 0.3) is 5.91 Å². The van der Waals surface area contributed by atoms with Crippen molar-refractivity contribution in [3.63, 3.8) is 0 Å². The molecule has 7 nitrogen and oxygen atoms in total. The number of ether oxygens (including phenoxy) is 2. The first-order valence-electron chi connectivity index (χ1n) is 8.54. The Labute approximate surface area is 176 Å². The molecule has 2 aromatic rings. The maximum absolute atomic E-state index is 11.8. The van der Waals surface area contributed by atoms with Gasteiger partial charge in [-0.2, -0.15) is 0 Å². The van der Waals surface area contributed by atoms with Crippen molar-refractivity contribution in [2.45, 2.75) is 12.5 Å². The zero-order valence-electron chi connectivity index (χ0n) is 15.4. The summed E-state index contributed by atoms with van der Waals surface area (Å²) in [5.74, 6) is 0.312. The van der Waals surface area contributed by atoms with Crippen LogP contribution >= 0.6 is 24.0 Å². The van der Waals surface area contributed by atoms with E-state index in [9.17, 15) is 9.59 Å². The van der Waals surface area contributed by atoms with Gasteiger partial charge in [0.15, 0.2) is 11.5 Å². The van der Waals surface area contributed by atoms with Crippen LogP contribution in [-0.2, 0) is 16.0 Å². The van der Waals surface area contributed by atoms with Gasteiger partial charge in [-0.1, -0.05) is 42.2 Å². The first-order valence-corrected chi connectivity index (χ1v) is 9.76. The van der Waals surface area contributed by atoms with Crippen LogP contribution in [0, 0.1) is 0 Å². The van der Waals surface area contributed by atoms with Crippen LogP contribution in [0.25, 0.3) is 6.08 Å². The van der Waals surface area contributed by atoms with Crippen LogP contribution in [0.15, 0.2) is 47.4 Å². The molecule has 0 aliphatic carbocycles. The first kappa shape index (κ1) is 20.8. The van der Waals surface area contributed by atoms with Crippen molar-refractivity contribution in [2.24, 2.45) is 5.73 Å². The second-order valence-electron chi connectivity index (χ2n) is 6.16. The zero-order chi connectivity index (χ0) is 21.0. The lowest BCUT2D eigenvalue weighted by atomic mass is 10.1. The number of nitrogens with two attached hydrogens (primary N) is 1. The predicted octanol–water partition coefficient (Wildman–Crippen LogP) is 2.93. The monoisotopic (exact) mass is 430 g/mol. The van der Waals surface area contributed by atoms with Crippen LogP contribution in [0.1, 0.15) is 11.1 Å². The second kappa shape index (κ2) is 9.08. The molecule has 0 radical (unpaired) electrons. The van der Waals surface area contributed by atoms with E-state index in [-0.39, 0.29) is 12.3 Å². The van der Waals surface area contributed by atoms with Crippen molar-refractivity contribution >= 4 is 46.3 Å². The van der Waals surface area contributed by atoms with Crippen molar-refractivity contribution in [1.82, 2.24) is 5.32 Å². The summed E-state index contributed by atoms with van der Waals surface area (Å²) in [4.78, 5) is 23.2. The van der Waals surface area contributed by atoms with Gasteiger partial charge < -0.3 is 25.6 Å². The summed E-state index contributed by atoms with van der Waals surface area (Å²) in [7, 11) is 1.53. The summed E-state index contributed by atoms with van der Waals surface area (Å²) < 4.78 is 11.7. The van der Waals surface area contributed by atoms with Crippen molar-refractivity contribution in [3.8, 4) is 17.2 Å². The van der Waals surface area contributed by atoms with Gasteiger partial charge in [0, 0.05) is 0 Å². The minimum Gasteiger partial charge on any atom is -0.493 e. The highest BCUT2D eigenvalue weighted by molar-refractivity contribution is 8.26. The third kappa shape index (κ3) is 5.35. The molecule has 0 bridgehead atoms. The Balaban J connectivity index is 1.74. The molecule has 1 amide bonds. The number of amides is 1.